The molecule has 0 aliphatic carbocycles. The second-order valence-corrected chi connectivity index (χ2v) is 13.1. The van der Waals surface area contributed by atoms with Crippen LogP contribution in [0.2, 0.25) is 15.1 Å². The summed E-state index contributed by atoms with van der Waals surface area (Å²) in [5.41, 5.74) is 2.82. The number of aliphatic imine (C=N–C) groups is 1. The van der Waals surface area contributed by atoms with Gasteiger partial charge in [0.2, 0.25) is 10.0 Å². The maximum atomic E-state index is 14.4. The lowest BCUT2D eigenvalue weighted by molar-refractivity contribution is 0.0901. The van der Waals surface area contributed by atoms with Crippen molar-refractivity contribution in [2.24, 2.45) is 10.1 Å². The minimum Gasteiger partial charge on any atom is -0.492 e. The number of amides is 1. The number of nitrogens with zero attached hydrogens (tertiary/aromatic N) is 5. The first-order valence-electron chi connectivity index (χ1n) is 13.9. The highest BCUT2D eigenvalue weighted by atomic mass is 35.5. The van der Waals surface area contributed by atoms with Gasteiger partial charge >= 0.3 is 6.09 Å². The van der Waals surface area contributed by atoms with E-state index in [2.05, 4.69) is 10.3 Å². The lowest BCUT2D eigenvalue weighted by Crippen LogP contribution is -2.42. The summed E-state index contributed by atoms with van der Waals surface area (Å²) in [6, 6.07) is 20.9. The van der Waals surface area contributed by atoms with Crippen LogP contribution in [-0.2, 0) is 10.0 Å². The third kappa shape index (κ3) is 5.90. The number of hydrogen-bond acceptors (Lipinski definition) is 8. The standard InChI is InChI=1S/C31H25Cl3N6O5S/c1-3-44-28-22(16-17(2)25(34)29(28)46(35,42)43)30-36-26(18-8-12-20(32)13-9-18)27(19-10-14-21(33)15-11-19)39(30)31(41)45-40-24-7-5-4-6-23(24)37-38-40/h4-16,26-27H,3H2,1-2H3,(H2,35,42,43)/t26-,27+/m0/s1. The molecular formula is C31H25Cl3N6O5S. The Morgan fingerprint density at radius 1 is 0.957 bits per heavy atom. The van der Waals surface area contributed by atoms with Crippen molar-refractivity contribution in [2.45, 2.75) is 30.8 Å². The van der Waals surface area contributed by atoms with Gasteiger partial charge in [0, 0.05) is 10.0 Å². The summed E-state index contributed by atoms with van der Waals surface area (Å²) in [7, 11) is -4.40. The zero-order valence-electron chi connectivity index (χ0n) is 24.3. The van der Waals surface area contributed by atoms with Crippen LogP contribution in [0.3, 0.4) is 0 Å². The minimum atomic E-state index is -4.40. The van der Waals surface area contributed by atoms with E-state index in [0.29, 0.717) is 37.8 Å². The highest BCUT2D eigenvalue weighted by molar-refractivity contribution is 7.89. The van der Waals surface area contributed by atoms with E-state index < -0.39 is 33.1 Å². The molecule has 15 heteroatoms. The van der Waals surface area contributed by atoms with Crippen LogP contribution >= 0.6 is 34.8 Å². The number of rotatable bonds is 7. The fourth-order valence-corrected chi connectivity index (χ4v) is 6.89. The summed E-state index contributed by atoms with van der Waals surface area (Å²) in [6.07, 6.45) is -0.891. The van der Waals surface area contributed by atoms with Crippen molar-refractivity contribution in [3.63, 3.8) is 0 Å². The minimum absolute atomic E-state index is 0.0439. The van der Waals surface area contributed by atoms with Crippen LogP contribution in [0.5, 0.6) is 5.75 Å². The molecule has 0 saturated carbocycles. The molecule has 1 amide bonds. The van der Waals surface area contributed by atoms with Gasteiger partial charge in [0.15, 0.2) is 5.75 Å². The maximum absolute atomic E-state index is 14.4. The van der Waals surface area contributed by atoms with Crippen molar-refractivity contribution in [1.29, 1.82) is 0 Å². The first kappa shape index (κ1) is 31.8. The smallest absolute Gasteiger partial charge is 0.442 e. The lowest BCUT2D eigenvalue weighted by Gasteiger charge is -2.29. The van der Waals surface area contributed by atoms with Gasteiger partial charge in [-0.15, -0.1) is 5.10 Å². The first-order valence-corrected chi connectivity index (χ1v) is 16.6. The van der Waals surface area contributed by atoms with Gasteiger partial charge in [0.25, 0.3) is 0 Å². The van der Waals surface area contributed by atoms with Crippen LogP contribution in [-0.4, -0.2) is 47.0 Å². The van der Waals surface area contributed by atoms with Gasteiger partial charge in [0.1, 0.15) is 27.8 Å². The Hall–Kier alpha value is -4.20. The third-order valence-corrected chi connectivity index (χ3v) is 9.41. The van der Waals surface area contributed by atoms with E-state index in [-0.39, 0.29) is 28.8 Å². The maximum Gasteiger partial charge on any atom is 0.442 e. The highest BCUT2D eigenvalue weighted by Gasteiger charge is 2.45. The quantitative estimate of drug-likeness (QED) is 0.190. The molecule has 2 atom stereocenters. The molecule has 0 fully saturated rings. The number of ether oxygens (including phenoxy) is 1. The van der Waals surface area contributed by atoms with Crippen molar-refractivity contribution in [3.8, 4) is 5.75 Å². The average molecular weight is 700 g/mol. The van der Waals surface area contributed by atoms with E-state index in [4.69, 9.17) is 54.5 Å². The van der Waals surface area contributed by atoms with Gasteiger partial charge < -0.3 is 4.74 Å². The fraction of sp³-hybridized carbons (Fsp3) is 0.161. The Labute approximate surface area is 279 Å². The molecule has 4 aromatic carbocycles. The van der Waals surface area contributed by atoms with Gasteiger partial charge in [-0.05, 0) is 78.2 Å². The fourth-order valence-electron chi connectivity index (χ4n) is 5.33. The number of para-hydroxylation sites is 1. The monoisotopic (exact) mass is 698 g/mol. The predicted molar refractivity (Wildman–Crippen MR) is 175 cm³/mol. The topological polar surface area (TPSA) is 142 Å². The Kier molecular flexibility index (Phi) is 8.66. The average Bonchev–Trinajstić information content (AvgIpc) is 3.61. The number of sulfonamides is 1. The molecule has 2 heterocycles. The Morgan fingerprint density at radius 2 is 1.59 bits per heavy atom. The van der Waals surface area contributed by atoms with Crippen molar-refractivity contribution >= 4 is 67.8 Å². The lowest BCUT2D eigenvalue weighted by atomic mass is 9.94. The van der Waals surface area contributed by atoms with Crippen LogP contribution in [0, 0.1) is 6.92 Å². The highest BCUT2D eigenvalue weighted by Crippen LogP contribution is 2.47. The molecular weight excluding hydrogens is 675 g/mol. The number of aryl methyl sites for hydroxylation is 1. The van der Waals surface area contributed by atoms with Crippen LogP contribution in [0.1, 0.15) is 41.3 Å². The van der Waals surface area contributed by atoms with Crippen LogP contribution in [0.25, 0.3) is 11.0 Å². The van der Waals surface area contributed by atoms with Crippen molar-refractivity contribution in [2.75, 3.05) is 6.61 Å². The van der Waals surface area contributed by atoms with E-state index >= 15 is 0 Å². The molecule has 46 heavy (non-hydrogen) atoms. The van der Waals surface area contributed by atoms with E-state index in [0.717, 1.165) is 4.85 Å². The third-order valence-electron chi connectivity index (χ3n) is 7.34. The molecule has 1 aliphatic rings. The summed E-state index contributed by atoms with van der Waals surface area (Å²) in [5, 5.41) is 14.6. The molecule has 236 valence electrons. The number of fused-ring (bicyclic) bond motifs is 1. The Morgan fingerprint density at radius 3 is 2.22 bits per heavy atom. The molecule has 0 saturated heterocycles. The molecule has 0 unspecified atom stereocenters. The van der Waals surface area contributed by atoms with Crippen molar-refractivity contribution < 1.29 is 22.8 Å². The Bertz CT molecular complexity index is 2100. The molecule has 0 radical (unpaired) electrons. The second-order valence-electron chi connectivity index (χ2n) is 10.3. The normalized spacial score (nSPS) is 16.5. The van der Waals surface area contributed by atoms with Gasteiger partial charge in [-0.2, -0.15) is 0 Å². The van der Waals surface area contributed by atoms with Crippen LogP contribution in [0.15, 0.2) is 88.8 Å². The molecule has 1 aromatic heterocycles. The van der Waals surface area contributed by atoms with Crippen molar-refractivity contribution in [3.05, 3.63) is 116 Å². The number of halogens is 3. The molecule has 0 bridgehead atoms. The first-order chi connectivity index (χ1) is 22.0. The molecule has 11 nitrogen and oxygen atoms in total. The molecule has 6 rings (SSSR count). The number of carbonyl (C=O) groups is 1. The number of nitrogens with two attached hydrogens (primary N) is 1. The van der Waals surface area contributed by atoms with E-state index in [1.54, 1.807) is 92.7 Å². The zero-order valence-corrected chi connectivity index (χ0v) is 27.3. The summed E-state index contributed by atoms with van der Waals surface area (Å²) >= 11 is 19.0. The van der Waals surface area contributed by atoms with Gasteiger partial charge in [-0.1, -0.05) is 76.0 Å². The molecule has 0 spiro atoms. The number of benzene rings is 4. The summed E-state index contributed by atoms with van der Waals surface area (Å²) in [4.78, 5) is 27.2. The Balaban J connectivity index is 1.61. The zero-order chi connectivity index (χ0) is 32.7. The van der Waals surface area contributed by atoms with Crippen LogP contribution < -0.4 is 14.7 Å². The number of primary sulfonamides is 1. The number of amidine groups is 1. The van der Waals surface area contributed by atoms with Crippen LogP contribution in [0.4, 0.5) is 4.79 Å². The summed E-state index contributed by atoms with van der Waals surface area (Å²) < 4.78 is 31.6. The van der Waals surface area contributed by atoms with Crippen molar-refractivity contribution in [1.82, 2.24) is 20.1 Å². The predicted octanol–water partition coefficient (Wildman–Crippen LogP) is 6.54. The number of hydrogen-bond donors (Lipinski definition) is 1. The number of aromatic nitrogens is 3. The van der Waals surface area contributed by atoms with E-state index in [1.807, 2.05) is 0 Å². The van der Waals surface area contributed by atoms with E-state index in [9.17, 15) is 13.2 Å². The number of carbonyl (C=O) groups excluding carboxylic acids is 1. The summed E-state index contributed by atoms with van der Waals surface area (Å²) in [5.74, 6) is -0.114. The summed E-state index contributed by atoms with van der Waals surface area (Å²) in [6.45, 7) is 3.35. The van der Waals surface area contributed by atoms with E-state index in [1.165, 1.54) is 4.90 Å². The second kappa shape index (κ2) is 12.5. The molecule has 1 aliphatic heterocycles. The SMILES string of the molecule is CCOc1c(C2=N[C@@H](c3ccc(Cl)cc3)[C@@H](c3ccc(Cl)cc3)N2C(=O)On2nnc3ccccc32)cc(C)c(Cl)c1S(N)(=O)=O. The molecule has 5 aromatic rings. The molecule has 2 N–H and O–H groups in total. The van der Waals surface area contributed by atoms with Gasteiger partial charge in [0.05, 0.1) is 23.2 Å². The van der Waals surface area contributed by atoms with Gasteiger partial charge in [-0.25, -0.2) is 23.3 Å². The largest absolute Gasteiger partial charge is 0.492 e. The van der Waals surface area contributed by atoms with Gasteiger partial charge in [-0.3, -0.25) is 9.83 Å².